The van der Waals surface area contributed by atoms with E-state index in [0.717, 1.165) is 10.0 Å². The second kappa shape index (κ2) is 9.36. The van der Waals surface area contributed by atoms with E-state index in [4.69, 9.17) is 10.3 Å². The second-order valence-electron chi connectivity index (χ2n) is 4.00. The van der Waals surface area contributed by atoms with Crippen LogP contribution < -0.4 is 5.32 Å². The number of esters is 1. The average molecular weight is 341 g/mol. The lowest BCUT2D eigenvalue weighted by Crippen LogP contribution is -2.31. The highest BCUT2D eigenvalue weighted by atomic mass is 79.9. The van der Waals surface area contributed by atoms with E-state index in [-0.39, 0.29) is 5.97 Å². The fourth-order valence-electron chi connectivity index (χ4n) is 1.69. The zero-order valence-corrected chi connectivity index (χ0v) is 12.8. The van der Waals surface area contributed by atoms with Gasteiger partial charge in [0.15, 0.2) is 0 Å². The molecule has 1 N–H and O–H groups in total. The smallest absolute Gasteiger partial charge is 0.327 e. The maximum atomic E-state index is 12.0. The van der Waals surface area contributed by atoms with Crippen LogP contribution in [0.1, 0.15) is 24.9 Å². The topological polar surface area (TPSA) is 87.1 Å². The van der Waals surface area contributed by atoms with Gasteiger partial charge in [0.25, 0.3) is 0 Å². The Kier molecular flexibility index (Phi) is 7.72. The predicted molar refractivity (Wildman–Crippen MR) is 80.1 cm³/mol. The lowest BCUT2D eigenvalue weighted by atomic mass is 10.1. The summed E-state index contributed by atoms with van der Waals surface area (Å²) in [4.78, 5) is 14.7. The second-order valence-corrected chi connectivity index (χ2v) is 4.92. The van der Waals surface area contributed by atoms with Crippen LogP contribution in [0.4, 0.5) is 0 Å². The van der Waals surface area contributed by atoms with E-state index in [2.05, 4.69) is 31.3 Å². The van der Waals surface area contributed by atoms with Crippen molar-refractivity contribution in [2.75, 3.05) is 19.7 Å². The Morgan fingerprint density at radius 1 is 1.60 bits per heavy atom. The van der Waals surface area contributed by atoms with Gasteiger partial charge < -0.3 is 10.1 Å². The van der Waals surface area contributed by atoms with Gasteiger partial charge in [-0.2, -0.15) is 0 Å². The van der Waals surface area contributed by atoms with E-state index in [0.29, 0.717) is 26.1 Å². The van der Waals surface area contributed by atoms with Crippen LogP contribution in [0.3, 0.4) is 0 Å². The van der Waals surface area contributed by atoms with E-state index < -0.39 is 6.04 Å². The Labute approximate surface area is 126 Å². The monoisotopic (exact) mass is 340 g/mol. The highest BCUT2D eigenvalue weighted by Gasteiger charge is 2.21. The fraction of sp³-hybridized carbons (Fsp3) is 0.462. The molecule has 0 aliphatic heterocycles. The number of azide groups is 1. The molecule has 0 bridgehead atoms. The molecule has 1 aromatic rings. The molecule has 0 amide bonds. The van der Waals surface area contributed by atoms with E-state index in [1.54, 1.807) is 6.92 Å². The summed E-state index contributed by atoms with van der Waals surface area (Å²) in [5.41, 5.74) is 9.03. The first-order valence-electron chi connectivity index (χ1n) is 6.35. The van der Waals surface area contributed by atoms with Gasteiger partial charge in [-0.25, -0.2) is 4.79 Å². The molecule has 0 aromatic heterocycles. The summed E-state index contributed by atoms with van der Waals surface area (Å²) in [7, 11) is 0. The van der Waals surface area contributed by atoms with Gasteiger partial charge in [0.1, 0.15) is 6.04 Å². The van der Waals surface area contributed by atoms with Crippen LogP contribution in [-0.4, -0.2) is 25.7 Å². The van der Waals surface area contributed by atoms with Crippen molar-refractivity contribution in [3.63, 3.8) is 0 Å². The summed E-state index contributed by atoms with van der Waals surface area (Å²) >= 11 is 3.39. The van der Waals surface area contributed by atoms with Crippen molar-refractivity contribution in [2.24, 2.45) is 5.11 Å². The molecule has 0 spiro atoms. The van der Waals surface area contributed by atoms with Crippen LogP contribution in [-0.2, 0) is 9.53 Å². The van der Waals surface area contributed by atoms with Gasteiger partial charge in [-0.15, -0.1) is 0 Å². The molecule has 0 fully saturated rings. The molecule has 0 aliphatic rings. The summed E-state index contributed by atoms with van der Waals surface area (Å²) in [6, 6.07) is 6.99. The molecule has 0 heterocycles. The van der Waals surface area contributed by atoms with Crippen molar-refractivity contribution in [2.45, 2.75) is 19.4 Å². The minimum Gasteiger partial charge on any atom is -0.465 e. The zero-order valence-electron chi connectivity index (χ0n) is 11.3. The van der Waals surface area contributed by atoms with Gasteiger partial charge in [-0.3, -0.25) is 0 Å². The molecule has 7 heteroatoms. The molecule has 6 nitrogen and oxygen atoms in total. The van der Waals surface area contributed by atoms with Crippen molar-refractivity contribution in [3.05, 3.63) is 44.7 Å². The first-order valence-corrected chi connectivity index (χ1v) is 7.14. The molecule has 108 valence electrons. The van der Waals surface area contributed by atoms with Gasteiger partial charge in [0.2, 0.25) is 0 Å². The van der Waals surface area contributed by atoms with Crippen LogP contribution in [0.25, 0.3) is 10.4 Å². The lowest BCUT2D eigenvalue weighted by Gasteiger charge is -2.17. The minimum atomic E-state index is -0.515. The number of rotatable bonds is 8. The number of ether oxygens (including phenoxy) is 1. The molecule has 0 aliphatic carbocycles. The molecule has 0 saturated carbocycles. The number of halogens is 1. The molecular formula is C13H17BrN4O2. The number of nitrogens with zero attached hydrogens (tertiary/aromatic N) is 3. The summed E-state index contributed by atoms with van der Waals surface area (Å²) in [5.74, 6) is -0.311. The maximum absolute atomic E-state index is 12.0. The first kappa shape index (κ1) is 16.5. The lowest BCUT2D eigenvalue weighted by molar-refractivity contribution is -0.145. The molecule has 0 radical (unpaired) electrons. The first-order chi connectivity index (χ1) is 9.69. The molecule has 1 unspecified atom stereocenters. The molecule has 1 atom stereocenters. The largest absolute Gasteiger partial charge is 0.465 e. The summed E-state index contributed by atoms with van der Waals surface area (Å²) in [6.45, 7) is 3.08. The third-order valence-electron chi connectivity index (χ3n) is 2.55. The summed E-state index contributed by atoms with van der Waals surface area (Å²) < 4.78 is 5.98. The molecular weight excluding hydrogens is 324 g/mol. The number of hydrogen-bond acceptors (Lipinski definition) is 4. The van der Waals surface area contributed by atoms with Gasteiger partial charge in [0, 0.05) is 15.9 Å². The van der Waals surface area contributed by atoms with Crippen molar-refractivity contribution in [3.8, 4) is 0 Å². The van der Waals surface area contributed by atoms with E-state index >= 15 is 0 Å². The van der Waals surface area contributed by atoms with Crippen molar-refractivity contribution in [1.82, 2.24) is 5.32 Å². The van der Waals surface area contributed by atoms with E-state index in [9.17, 15) is 4.79 Å². The molecule has 1 aromatic carbocycles. The Hall–Kier alpha value is -1.56. The SMILES string of the molecule is CCOC(=O)C(NCCCN=[N+]=[N-])c1cccc(Br)c1. The van der Waals surface area contributed by atoms with Crippen LogP contribution in [0.5, 0.6) is 0 Å². The number of carbonyl (C=O) groups excluding carboxylic acids is 1. The summed E-state index contributed by atoms with van der Waals surface area (Å²) in [5, 5.41) is 6.58. The standard InChI is InChI=1S/C13H17BrN4O2/c1-2-20-13(19)12(16-7-4-8-17-18-15)10-5-3-6-11(14)9-10/h3,5-6,9,12,16H,2,4,7-8H2,1H3. The van der Waals surface area contributed by atoms with Gasteiger partial charge >= 0.3 is 5.97 Å². The number of hydrogen-bond donors (Lipinski definition) is 1. The maximum Gasteiger partial charge on any atom is 0.327 e. The highest BCUT2D eigenvalue weighted by Crippen LogP contribution is 2.19. The van der Waals surface area contributed by atoms with Gasteiger partial charge in [0.05, 0.1) is 6.61 Å². The zero-order chi connectivity index (χ0) is 14.8. The van der Waals surface area contributed by atoms with Crippen molar-refractivity contribution >= 4 is 21.9 Å². The Bertz CT molecular complexity index is 489. The van der Waals surface area contributed by atoms with Crippen LogP contribution in [0.15, 0.2) is 33.9 Å². The van der Waals surface area contributed by atoms with Gasteiger partial charge in [-0.1, -0.05) is 33.2 Å². The third-order valence-corrected chi connectivity index (χ3v) is 3.04. The minimum absolute atomic E-state index is 0.311. The molecule has 0 saturated heterocycles. The predicted octanol–water partition coefficient (Wildman–Crippen LogP) is 3.34. The van der Waals surface area contributed by atoms with E-state index in [1.165, 1.54) is 0 Å². The van der Waals surface area contributed by atoms with Crippen LogP contribution in [0, 0.1) is 0 Å². The Morgan fingerprint density at radius 2 is 2.40 bits per heavy atom. The Balaban J connectivity index is 2.70. The van der Waals surface area contributed by atoms with Crippen LogP contribution >= 0.6 is 15.9 Å². The summed E-state index contributed by atoms with van der Waals surface area (Å²) in [6.07, 6.45) is 0.661. The van der Waals surface area contributed by atoms with E-state index in [1.807, 2.05) is 24.3 Å². The number of carbonyl (C=O) groups is 1. The van der Waals surface area contributed by atoms with Crippen molar-refractivity contribution < 1.29 is 9.53 Å². The normalized spacial score (nSPS) is 11.5. The fourth-order valence-corrected chi connectivity index (χ4v) is 2.11. The highest BCUT2D eigenvalue weighted by molar-refractivity contribution is 9.10. The third kappa shape index (κ3) is 5.61. The quantitative estimate of drug-likeness (QED) is 0.259. The molecule has 20 heavy (non-hydrogen) atoms. The average Bonchev–Trinajstić information content (AvgIpc) is 2.43. The van der Waals surface area contributed by atoms with Crippen LogP contribution in [0.2, 0.25) is 0 Å². The van der Waals surface area contributed by atoms with Gasteiger partial charge in [-0.05, 0) is 43.1 Å². The molecule has 1 rings (SSSR count). The number of nitrogens with one attached hydrogen (secondary N) is 1. The Morgan fingerprint density at radius 3 is 3.05 bits per heavy atom. The van der Waals surface area contributed by atoms with Crippen molar-refractivity contribution in [1.29, 1.82) is 0 Å². The number of benzene rings is 1.